The van der Waals surface area contributed by atoms with Crippen molar-refractivity contribution in [2.75, 3.05) is 5.32 Å². The number of anilines is 1. The Morgan fingerprint density at radius 1 is 1.14 bits per heavy atom. The van der Waals surface area contributed by atoms with Crippen molar-refractivity contribution in [1.29, 1.82) is 0 Å². The predicted octanol–water partition coefficient (Wildman–Crippen LogP) is 3.74. The van der Waals surface area contributed by atoms with E-state index in [1.807, 2.05) is 55.5 Å². The van der Waals surface area contributed by atoms with Crippen LogP contribution in [0.15, 0.2) is 60.7 Å². The summed E-state index contributed by atoms with van der Waals surface area (Å²) in [7, 11) is 0. The molecule has 104 valence electrons. The van der Waals surface area contributed by atoms with Gasteiger partial charge in [0.25, 0.3) is 0 Å². The topological polar surface area (TPSA) is 57.8 Å². The lowest BCUT2D eigenvalue weighted by atomic mass is 10.2. The molecule has 3 rings (SSSR count). The average Bonchev–Trinajstić information content (AvgIpc) is 2.92. The smallest absolute Gasteiger partial charge is 0.248 e. The monoisotopic (exact) mass is 277 g/mol. The third-order valence-electron chi connectivity index (χ3n) is 3.13. The van der Waals surface area contributed by atoms with Crippen molar-refractivity contribution in [2.24, 2.45) is 0 Å². The van der Waals surface area contributed by atoms with E-state index < -0.39 is 0 Å². The van der Waals surface area contributed by atoms with Gasteiger partial charge < -0.3 is 10.3 Å². The first-order valence-corrected chi connectivity index (χ1v) is 6.75. The molecule has 0 saturated heterocycles. The molecule has 0 aliphatic heterocycles. The minimum atomic E-state index is -0.131. The molecule has 2 aromatic carbocycles. The van der Waals surface area contributed by atoms with E-state index in [0.29, 0.717) is 0 Å². The van der Waals surface area contributed by atoms with Gasteiger partial charge in [-0.2, -0.15) is 0 Å². The lowest BCUT2D eigenvalue weighted by molar-refractivity contribution is -0.111. The lowest BCUT2D eigenvalue weighted by Gasteiger charge is -2.03. The van der Waals surface area contributed by atoms with E-state index >= 15 is 0 Å². The Labute approximate surface area is 122 Å². The summed E-state index contributed by atoms with van der Waals surface area (Å²) in [6, 6.07) is 15.5. The second kappa shape index (κ2) is 5.63. The maximum absolute atomic E-state index is 11.5. The zero-order chi connectivity index (χ0) is 14.7. The number of hydrogen-bond acceptors (Lipinski definition) is 2. The van der Waals surface area contributed by atoms with Crippen molar-refractivity contribution in [3.63, 3.8) is 0 Å². The van der Waals surface area contributed by atoms with E-state index in [2.05, 4.69) is 15.3 Å². The lowest BCUT2D eigenvalue weighted by Crippen LogP contribution is -2.07. The van der Waals surface area contributed by atoms with E-state index in [4.69, 9.17) is 0 Å². The van der Waals surface area contributed by atoms with Crippen LogP contribution in [-0.2, 0) is 4.79 Å². The highest BCUT2D eigenvalue weighted by Gasteiger charge is 2.05. The van der Waals surface area contributed by atoms with Crippen molar-refractivity contribution in [2.45, 2.75) is 6.92 Å². The number of amides is 1. The molecule has 1 aromatic heterocycles. The quantitative estimate of drug-likeness (QED) is 0.716. The molecule has 0 saturated carbocycles. The molecule has 4 heteroatoms. The fourth-order valence-electron chi connectivity index (χ4n) is 2.14. The molecule has 1 amide bonds. The number of hydrogen-bond donors (Lipinski definition) is 2. The third-order valence-corrected chi connectivity index (χ3v) is 3.13. The van der Waals surface area contributed by atoms with E-state index in [1.165, 1.54) is 6.08 Å². The van der Waals surface area contributed by atoms with Gasteiger partial charge in [0, 0.05) is 11.3 Å². The predicted molar refractivity (Wildman–Crippen MR) is 85.0 cm³/mol. The van der Waals surface area contributed by atoms with Crippen LogP contribution >= 0.6 is 0 Å². The fourth-order valence-corrected chi connectivity index (χ4v) is 2.14. The van der Waals surface area contributed by atoms with Crippen molar-refractivity contribution in [3.8, 4) is 11.4 Å². The number of aromatic nitrogens is 2. The number of carbonyl (C=O) groups is 1. The maximum atomic E-state index is 11.5. The Morgan fingerprint density at radius 2 is 1.90 bits per heavy atom. The maximum Gasteiger partial charge on any atom is 0.248 e. The molecule has 0 atom stereocenters. The number of nitrogens with one attached hydrogen (secondary N) is 2. The van der Waals surface area contributed by atoms with Crippen molar-refractivity contribution < 1.29 is 4.79 Å². The van der Waals surface area contributed by atoms with Gasteiger partial charge in [0.05, 0.1) is 11.0 Å². The van der Waals surface area contributed by atoms with Gasteiger partial charge in [-0.25, -0.2) is 4.98 Å². The summed E-state index contributed by atoms with van der Waals surface area (Å²) in [6.07, 6.45) is 3.20. The zero-order valence-electron chi connectivity index (χ0n) is 11.6. The molecule has 0 unspecified atom stereocenters. The number of benzene rings is 2. The Kier molecular flexibility index (Phi) is 3.51. The molecular formula is C17H15N3O. The largest absolute Gasteiger partial charge is 0.338 e. The SMILES string of the molecule is CC=CC(=O)Nc1ccc(-c2nc3ccccc3[nH]2)cc1. The Hall–Kier alpha value is -2.88. The fraction of sp³-hybridized carbons (Fsp3) is 0.0588. The van der Waals surface area contributed by atoms with Crippen LogP contribution in [0.1, 0.15) is 6.92 Å². The molecule has 2 N–H and O–H groups in total. The number of H-pyrrole nitrogens is 1. The molecule has 4 nitrogen and oxygen atoms in total. The van der Waals surface area contributed by atoms with E-state index in [1.54, 1.807) is 6.08 Å². The van der Waals surface area contributed by atoms with Crippen LogP contribution in [0.25, 0.3) is 22.4 Å². The number of fused-ring (bicyclic) bond motifs is 1. The van der Waals surface area contributed by atoms with Crippen LogP contribution in [0.5, 0.6) is 0 Å². The molecule has 0 bridgehead atoms. The van der Waals surface area contributed by atoms with Crippen LogP contribution in [0.4, 0.5) is 5.69 Å². The van der Waals surface area contributed by atoms with Crippen molar-refractivity contribution >= 4 is 22.6 Å². The van der Waals surface area contributed by atoms with E-state index in [-0.39, 0.29) is 5.91 Å². The zero-order valence-corrected chi connectivity index (χ0v) is 11.6. The Morgan fingerprint density at radius 3 is 2.62 bits per heavy atom. The Bertz CT molecular complexity index is 767. The number of imidazole rings is 1. The number of allylic oxidation sites excluding steroid dienone is 1. The molecule has 0 spiro atoms. The first kappa shape index (κ1) is 13.1. The van der Waals surface area contributed by atoms with Gasteiger partial charge in [-0.15, -0.1) is 0 Å². The summed E-state index contributed by atoms with van der Waals surface area (Å²) >= 11 is 0. The normalized spacial score (nSPS) is 11.1. The molecule has 0 aliphatic carbocycles. The van der Waals surface area contributed by atoms with E-state index in [9.17, 15) is 4.79 Å². The molecule has 3 aromatic rings. The molecule has 0 aliphatic rings. The Balaban J connectivity index is 1.85. The van der Waals surface area contributed by atoms with Crippen molar-refractivity contribution in [1.82, 2.24) is 9.97 Å². The van der Waals surface area contributed by atoms with Gasteiger partial charge in [0.15, 0.2) is 0 Å². The average molecular weight is 277 g/mol. The molecule has 1 heterocycles. The number of para-hydroxylation sites is 2. The third kappa shape index (κ3) is 2.84. The first-order chi connectivity index (χ1) is 10.3. The number of carbonyl (C=O) groups excluding carboxylic acids is 1. The van der Waals surface area contributed by atoms with Gasteiger partial charge in [0.2, 0.25) is 5.91 Å². The minimum Gasteiger partial charge on any atom is -0.338 e. The summed E-state index contributed by atoms with van der Waals surface area (Å²) in [5, 5.41) is 2.79. The molecule has 0 radical (unpaired) electrons. The highest BCUT2D eigenvalue weighted by atomic mass is 16.1. The first-order valence-electron chi connectivity index (χ1n) is 6.75. The van der Waals surface area contributed by atoms with Crippen LogP contribution in [-0.4, -0.2) is 15.9 Å². The van der Waals surface area contributed by atoms with Crippen LogP contribution in [0.2, 0.25) is 0 Å². The highest BCUT2D eigenvalue weighted by Crippen LogP contribution is 2.21. The summed E-state index contributed by atoms with van der Waals surface area (Å²) in [4.78, 5) is 19.3. The highest BCUT2D eigenvalue weighted by molar-refractivity contribution is 5.99. The summed E-state index contributed by atoms with van der Waals surface area (Å²) in [5.74, 6) is 0.691. The van der Waals surface area contributed by atoms with Crippen LogP contribution in [0.3, 0.4) is 0 Å². The van der Waals surface area contributed by atoms with Gasteiger partial charge in [-0.3, -0.25) is 4.79 Å². The van der Waals surface area contributed by atoms with Gasteiger partial charge in [0.1, 0.15) is 5.82 Å². The van der Waals surface area contributed by atoms with Crippen LogP contribution in [0, 0.1) is 0 Å². The summed E-state index contributed by atoms with van der Waals surface area (Å²) < 4.78 is 0. The van der Waals surface area contributed by atoms with Gasteiger partial charge >= 0.3 is 0 Å². The van der Waals surface area contributed by atoms with Crippen molar-refractivity contribution in [3.05, 3.63) is 60.7 Å². The summed E-state index contributed by atoms with van der Waals surface area (Å²) in [5.41, 5.74) is 3.70. The van der Waals surface area contributed by atoms with Crippen LogP contribution < -0.4 is 5.32 Å². The number of rotatable bonds is 3. The molecule has 21 heavy (non-hydrogen) atoms. The van der Waals surface area contributed by atoms with E-state index in [0.717, 1.165) is 28.1 Å². The number of aromatic amines is 1. The number of nitrogens with zero attached hydrogens (tertiary/aromatic N) is 1. The molecular weight excluding hydrogens is 262 g/mol. The van der Waals surface area contributed by atoms with Gasteiger partial charge in [-0.1, -0.05) is 18.2 Å². The second-order valence-corrected chi connectivity index (χ2v) is 4.67. The summed E-state index contributed by atoms with van der Waals surface area (Å²) in [6.45, 7) is 1.81. The minimum absolute atomic E-state index is 0.131. The molecule has 0 fully saturated rings. The van der Waals surface area contributed by atoms with Gasteiger partial charge in [-0.05, 0) is 49.4 Å². The standard InChI is InChI=1S/C17H15N3O/c1-2-5-16(21)18-13-10-8-12(9-11-13)17-19-14-6-3-4-7-15(14)20-17/h2-11H,1H3,(H,18,21)(H,19,20). The second-order valence-electron chi connectivity index (χ2n) is 4.67.